The summed E-state index contributed by atoms with van der Waals surface area (Å²) in [6, 6.07) is 8.65. The zero-order valence-corrected chi connectivity index (χ0v) is 12.7. The maximum Gasteiger partial charge on any atom is 0.137 e. The van der Waals surface area contributed by atoms with Gasteiger partial charge in [0.2, 0.25) is 0 Å². The number of nitrogens with zero attached hydrogens (tertiary/aromatic N) is 2. The molecule has 20 heavy (non-hydrogen) atoms. The standard InChI is InChI=1S/C17H19ClN2/c1-3-15-11(2)16(18)20-17(19-15)14-10-6-8-12-7-4-5-9-13(12)14/h4-5,7,9,14H,3,6,8,10H2,1-2H3. The fourth-order valence-electron chi connectivity index (χ4n) is 3.07. The van der Waals surface area contributed by atoms with Crippen molar-refractivity contribution < 1.29 is 0 Å². The van der Waals surface area contributed by atoms with E-state index in [0.29, 0.717) is 11.1 Å². The number of rotatable bonds is 2. The van der Waals surface area contributed by atoms with Gasteiger partial charge in [-0.3, -0.25) is 0 Å². The van der Waals surface area contributed by atoms with Crippen molar-refractivity contribution in [2.24, 2.45) is 0 Å². The maximum atomic E-state index is 6.29. The van der Waals surface area contributed by atoms with Crippen LogP contribution in [0.2, 0.25) is 5.15 Å². The van der Waals surface area contributed by atoms with Crippen LogP contribution in [0.15, 0.2) is 24.3 Å². The lowest BCUT2D eigenvalue weighted by Gasteiger charge is -2.25. The smallest absolute Gasteiger partial charge is 0.137 e. The second-order valence-electron chi connectivity index (χ2n) is 5.44. The Morgan fingerprint density at radius 2 is 2.05 bits per heavy atom. The molecule has 0 fully saturated rings. The molecule has 0 N–H and O–H groups in total. The lowest BCUT2D eigenvalue weighted by molar-refractivity contribution is 0.587. The SMILES string of the molecule is CCc1nc(C2CCCc3ccccc32)nc(Cl)c1C. The van der Waals surface area contributed by atoms with Gasteiger partial charge < -0.3 is 0 Å². The van der Waals surface area contributed by atoms with Crippen molar-refractivity contribution >= 4 is 11.6 Å². The first kappa shape index (κ1) is 13.6. The first-order valence-electron chi connectivity index (χ1n) is 7.31. The topological polar surface area (TPSA) is 25.8 Å². The Morgan fingerprint density at radius 1 is 1.25 bits per heavy atom. The van der Waals surface area contributed by atoms with Gasteiger partial charge >= 0.3 is 0 Å². The van der Waals surface area contributed by atoms with Gasteiger partial charge in [-0.1, -0.05) is 42.8 Å². The number of aromatic nitrogens is 2. The summed E-state index contributed by atoms with van der Waals surface area (Å²) in [6.45, 7) is 4.12. The molecule has 3 rings (SSSR count). The van der Waals surface area contributed by atoms with Crippen LogP contribution >= 0.6 is 11.6 Å². The van der Waals surface area contributed by atoms with Crippen LogP contribution in [0.3, 0.4) is 0 Å². The number of hydrogen-bond acceptors (Lipinski definition) is 2. The van der Waals surface area contributed by atoms with Gasteiger partial charge in [-0.15, -0.1) is 0 Å². The highest BCUT2D eigenvalue weighted by molar-refractivity contribution is 6.30. The molecule has 0 spiro atoms. The minimum atomic E-state index is 0.295. The molecule has 1 aromatic carbocycles. The van der Waals surface area contributed by atoms with Crippen molar-refractivity contribution in [2.75, 3.05) is 0 Å². The molecular weight excluding hydrogens is 268 g/mol. The third kappa shape index (κ3) is 2.33. The largest absolute Gasteiger partial charge is 0.237 e. The molecule has 1 aliphatic rings. The Balaban J connectivity index is 2.09. The molecule has 0 radical (unpaired) electrons. The molecule has 1 atom stereocenters. The minimum Gasteiger partial charge on any atom is -0.237 e. The number of fused-ring (bicyclic) bond motifs is 1. The van der Waals surface area contributed by atoms with Gasteiger partial charge in [-0.2, -0.15) is 0 Å². The van der Waals surface area contributed by atoms with Crippen LogP contribution in [0, 0.1) is 6.92 Å². The van der Waals surface area contributed by atoms with E-state index in [1.54, 1.807) is 0 Å². The predicted octanol–water partition coefficient (Wildman–Crippen LogP) is 4.47. The Morgan fingerprint density at radius 3 is 2.85 bits per heavy atom. The van der Waals surface area contributed by atoms with Crippen LogP contribution in [-0.2, 0) is 12.8 Å². The minimum absolute atomic E-state index is 0.295. The van der Waals surface area contributed by atoms with Gasteiger partial charge in [0.05, 0.1) is 0 Å². The van der Waals surface area contributed by atoms with Crippen LogP contribution in [0.25, 0.3) is 0 Å². The molecule has 0 saturated heterocycles. The van der Waals surface area contributed by atoms with Crippen molar-refractivity contribution in [3.8, 4) is 0 Å². The molecule has 1 heterocycles. The molecule has 104 valence electrons. The molecule has 0 bridgehead atoms. The number of hydrogen-bond donors (Lipinski definition) is 0. The van der Waals surface area contributed by atoms with E-state index in [0.717, 1.165) is 36.3 Å². The van der Waals surface area contributed by atoms with Crippen LogP contribution in [-0.4, -0.2) is 9.97 Å². The van der Waals surface area contributed by atoms with Crippen LogP contribution in [0.4, 0.5) is 0 Å². The van der Waals surface area contributed by atoms with E-state index in [4.69, 9.17) is 16.6 Å². The maximum absolute atomic E-state index is 6.29. The van der Waals surface area contributed by atoms with E-state index < -0.39 is 0 Å². The summed E-state index contributed by atoms with van der Waals surface area (Å²) < 4.78 is 0. The van der Waals surface area contributed by atoms with Crippen LogP contribution < -0.4 is 0 Å². The molecule has 1 unspecified atom stereocenters. The van der Waals surface area contributed by atoms with E-state index >= 15 is 0 Å². The Kier molecular flexibility index (Phi) is 3.75. The quantitative estimate of drug-likeness (QED) is 0.761. The summed E-state index contributed by atoms with van der Waals surface area (Å²) in [7, 11) is 0. The third-order valence-corrected chi connectivity index (χ3v) is 4.59. The average Bonchev–Trinajstić information content (AvgIpc) is 2.49. The fourth-order valence-corrected chi connectivity index (χ4v) is 3.27. The van der Waals surface area contributed by atoms with Gasteiger partial charge in [0, 0.05) is 17.2 Å². The highest BCUT2D eigenvalue weighted by Gasteiger charge is 2.24. The van der Waals surface area contributed by atoms with Crippen LogP contribution in [0.5, 0.6) is 0 Å². The summed E-state index contributed by atoms with van der Waals surface area (Å²) in [5.74, 6) is 1.19. The number of halogens is 1. The molecule has 2 nitrogen and oxygen atoms in total. The second kappa shape index (κ2) is 5.53. The van der Waals surface area contributed by atoms with Crippen LogP contribution in [0.1, 0.15) is 53.9 Å². The lowest BCUT2D eigenvalue weighted by atomic mass is 9.82. The van der Waals surface area contributed by atoms with E-state index in [2.05, 4.69) is 36.2 Å². The second-order valence-corrected chi connectivity index (χ2v) is 5.80. The van der Waals surface area contributed by atoms with E-state index in [9.17, 15) is 0 Å². The third-order valence-electron chi connectivity index (χ3n) is 4.22. The van der Waals surface area contributed by atoms with Crippen molar-refractivity contribution in [3.05, 3.63) is 57.6 Å². The Hall–Kier alpha value is -1.41. The number of aryl methyl sites for hydroxylation is 2. The van der Waals surface area contributed by atoms with E-state index in [-0.39, 0.29) is 0 Å². The van der Waals surface area contributed by atoms with Crippen molar-refractivity contribution in [2.45, 2.75) is 45.4 Å². The Labute approximate surface area is 125 Å². The molecular formula is C17H19ClN2. The fraction of sp³-hybridized carbons (Fsp3) is 0.412. The van der Waals surface area contributed by atoms with Gasteiger partial charge in [0.15, 0.2) is 0 Å². The molecule has 0 aliphatic heterocycles. The highest BCUT2D eigenvalue weighted by Crippen LogP contribution is 2.35. The van der Waals surface area contributed by atoms with E-state index in [1.807, 2.05) is 6.92 Å². The summed E-state index contributed by atoms with van der Waals surface area (Å²) in [5, 5.41) is 0.606. The molecule has 3 heteroatoms. The first-order chi connectivity index (χ1) is 9.70. The summed E-state index contributed by atoms with van der Waals surface area (Å²) in [6.07, 6.45) is 4.36. The molecule has 1 aromatic heterocycles. The molecule has 0 amide bonds. The average molecular weight is 287 g/mol. The van der Waals surface area contributed by atoms with Crippen molar-refractivity contribution in [1.82, 2.24) is 9.97 Å². The normalized spacial score (nSPS) is 17.9. The summed E-state index contributed by atoms with van der Waals surface area (Å²) in [4.78, 5) is 9.34. The zero-order valence-electron chi connectivity index (χ0n) is 12.0. The Bertz CT molecular complexity index is 637. The lowest BCUT2D eigenvalue weighted by Crippen LogP contribution is -2.15. The molecule has 2 aromatic rings. The number of benzene rings is 1. The summed E-state index contributed by atoms with van der Waals surface area (Å²) >= 11 is 6.29. The van der Waals surface area contributed by atoms with Gasteiger partial charge in [0.1, 0.15) is 11.0 Å². The van der Waals surface area contributed by atoms with Gasteiger partial charge in [0.25, 0.3) is 0 Å². The highest BCUT2D eigenvalue weighted by atomic mass is 35.5. The molecule has 0 saturated carbocycles. The zero-order chi connectivity index (χ0) is 14.1. The van der Waals surface area contributed by atoms with Gasteiger partial charge in [-0.05, 0) is 43.7 Å². The predicted molar refractivity (Wildman–Crippen MR) is 82.4 cm³/mol. The summed E-state index contributed by atoms with van der Waals surface area (Å²) in [5.41, 5.74) is 4.90. The monoisotopic (exact) mass is 286 g/mol. The van der Waals surface area contributed by atoms with Crippen molar-refractivity contribution in [1.29, 1.82) is 0 Å². The van der Waals surface area contributed by atoms with E-state index in [1.165, 1.54) is 17.5 Å². The van der Waals surface area contributed by atoms with Crippen molar-refractivity contribution in [3.63, 3.8) is 0 Å². The van der Waals surface area contributed by atoms with Gasteiger partial charge in [-0.25, -0.2) is 9.97 Å². The first-order valence-corrected chi connectivity index (χ1v) is 7.69. The molecule has 1 aliphatic carbocycles.